The minimum atomic E-state index is -0.784. The van der Waals surface area contributed by atoms with Crippen LogP contribution in [0.2, 0.25) is 0 Å². The standard InChI is InChI=1S/C26H43NO2/c1-4-7-9-10-11-12-13-14-15-16-17-18-19-20-21-22-25(28)27-24-26(29,6-3)23-8-5-2/h11-18,21-22,29H,4-10,19-20,23-24H2,1-3H3,(H,27,28). The third-order valence-corrected chi connectivity index (χ3v) is 4.82. The van der Waals surface area contributed by atoms with Crippen molar-refractivity contribution in [3.05, 3.63) is 60.8 Å². The first kappa shape index (κ1) is 27.1. The topological polar surface area (TPSA) is 49.3 Å². The van der Waals surface area contributed by atoms with Gasteiger partial charge in [0.25, 0.3) is 0 Å². The Labute approximate surface area is 179 Å². The molecule has 0 saturated heterocycles. The van der Waals surface area contributed by atoms with Gasteiger partial charge in [-0.15, -0.1) is 0 Å². The first-order valence-corrected chi connectivity index (χ1v) is 11.4. The van der Waals surface area contributed by atoms with Crippen molar-refractivity contribution in [3.63, 3.8) is 0 Å². The molecule has 0 aliphatic carbocycles. The van der Waals surface area contributed by atoms with Crippen LogP contribution in [0.15, 0.2) is 60.8 Å². The predicted octanol–water partition coefficient (Wildman–Crippen LogP) is 6.58. The highest BCUT2D eigenvalue weighted by atomic mass is 16.3. The van der Waals surface area contributed by atoms with E-state index >= 15 is 0 Å². The van der Waals surface area contributed by atoms with E-state index in [9.17, 15) is 9.90 Å². The average molecular weight is 402 g/mol. The van der Waals surface area contributed by atoms with Gasteiger partial charge < -0.3 is 10.4 Å². The molecule has 1 amide bonds. The summed E-state index contributed by atoms with van der Waals surface area (Å²) in [5.41, 5.74) is -0.784. The molecule has 0 spiro atoms. The predicted molar refractivity (Wildman–Crippen MR) is 127 cm³/mol. The summed E-state index contributed by atoms with van der Waals surface area (Å²) in [4.78, 5) is 11.9. The van der Waals surface area contributed by atoms with Gasteiger partial charge in [0.05, 0.1) is 5.60 Å². The van der Waals surface area contributed by atoms with Crippen molar-refractivity contribution in [2.45, 2.75) is 90.6 Å². The van der Waals surface area contributed by atoms with E-state index in [1.165, 1.54) is 19.3 Å². The molecule has 0 saturated carbocycles. The van der Waals surface area contributed by atoms with Crippen LogP contribution in [0.25, 0.3) is 0 Å². The molecule has 29 heavy (non-hydrogen) atoms. The Morgan fingerprint density at radius 1 is 0.793 bits per heavy atom. The molecule has 0 rings (SSSR count). The van der Waals surface area contributed by atoms with E-state index in [-0.39, 0.29) is 5.91 Å². The molecule has 1 atom stereocenters. The first-order valence-electron chi connectivity index (χ1n) is 11.4. The van der Waals surface area contributed by atoms with Crippen LogP contribution in [0, 0.1) is 0 Å². The molecular weight excluding hydrogens is 358 g/mol. The number of carbonyl (C=O) groups is 1. The van der Waals surface area contributed by atoms with Crippen molar-refractivity contribution in [3.8, 4) is 0 Å². The lowest BCUT2D eigenvalue weighted by atomic mass is 9.94. The number of unbranched alkanes of at least 4 members (excludes halogenated alkanes) is 5. The molecule has 0 aliphatic rings. The summed E-state index contributed by atoms with van der Waals surface area (Å²) < 4.78 is 0. The summed E-state index contributed by atoms with van der Waals surface area (Å²) in [5.74, 6) is -0.134. The molecular formula is C26H43NO2. The summed E-state index contributed by atoms with van der Waals surface area (Å²) in [6.45, 7) is 6.60. The zero-order chi connectivity index (χ0) is 21.6. The van der Waals surface area contributed by atoms with Crippen LogP contribution in [0.5, 0.6) is 0 Å². The second-order valence-corrected chi connectivity index (χ2v) is 7.50. The number of nitrogens with one attached hydrogen (secondary N) is 1. The minimum Gasteiger partial charge on any atom is -0.388 e. The quantitative estimate of drug-likeness (QED) is 0.164. The van der Waals surface area contributed by atoms with Gasteiger partial charge in [0.15, 0.2) is 0 Å². The molecule has 0 aromatic rings. The van der Waals surface area contributed by atoms with E-state index in [1.807, 2.05) is 37.3 Å². The Morgan fingerprint density at radius 3 is 2.00 bits per heavy atom. The van der Waals surface area contributed by atoms with Crippen LogP contribution < -0.4 is 5.32 Å². The molecule has 1 unspecified atom stereocenters. The summed E-state index contributed by atoms with van der Waals surface area (Å²) in [5, 5.41) is 13.3. The Balaban J connectivity index is 3.89. The van der Waals surface area contributed by atoms with Gasteiger partial charge >= 0.3 is 0 Å². The second-order valence-electron chi connectivity index (χ2n) is 7.50. The fraction of sp³-hybridized carbons (Fsp3) is 0.577. The largest absolute Gasteiger partial charge is 0.388 e. The number of carbonyl (C=O) groups excluding carboxylic acids is 1. The van der Waals surface area contributed by atoms with Crippen molar-refractivity contribution < 1.29 is 9.90 Å². The lowest BCUT2D eigenvalue weighted by molar-refractivity contribution is -0.117. The van der Waals surface area contributed by atoms with Gasteiger partial charge in [0, 0.05) is 6.54 Å². The highest BCUT2D eigenvalue weighted by Gasteiger charge is 2.23. The molecule has 3 nitrogen and oxygen atoms in total. The van der Waals surface area contributed by atoms with Crippen LogP contribution >= 0.6 is 0 Å². The van der Waals surface area contributed by atoms with Gasteiger partial charge in [-0.1, -0.05) is 101 Å². The van der Waals surface area contributed by atoms with Crippen LogP contribution in [-0.2, 0) is 4.79 Å². The maximum absolute atomic E-state index is 11.9. The normalized spacial score (nSPS) is 14.8. The van der Waals surface area contributed by atoms with Crippen molar-refractivity contribution in [2.24, 2.45) is 0 Å². The number of aliphatic hydroxyl groups is 1. The molecule has 0 radical (unpaired) electrons. The highest BCUT2D eigenvalue weighted by Crippen LogP contribution is 2.17. The van der Waals surface area contributed by atoms with E-state index in [2.05, 4.69) is 43.5 Å². The van der Waals surface area contributed by atoms with E-state index in [4.69, 9.17) is 0 Å². The number of amides is 1. The smallest absolute Gasteiger partial charge is 0.243 e. The monoisotopic (exact) mass is 401 g/mol. The Morgan fingerprint density at radius 2 is 1.38 bits per heavy atom. The Kier molecular flexibility index (Phi) is 18.2. The molecule has 0 bridgehead atoms. The van der Waals surface area contributed by atoms with Gasteiger partial charge in [-0.05, 0) is 44.6 Å². The SMILES string of the molecule is CCCCCC=CC=CC=CC=CCCC=CC(=O)NCC(O)(CC)CCCC. The molecule has 3 heteroatoms. The number of hydrogen-bond acceptors (Lipinski definition) is 2. The third kappa shape index (κ3) is 17.9. The lowest BCUT2D eigenvalue weighted by Crippen LogP contribution is -2.42. The highest BCUT2D eigenvalue weighted by molar-refractivity contribution is 5.87. The first-order chi connectivity index (χ1) is 14.1. The van der Waals surface area contributed by atoms with Crippen molar-refractivity contribution in [1.82, 2.24) is 5.32 Å². The Bertz CT molecular complexity index is 543. The van der Waals surface area contributed by atoms with E-state index in [1.54, 1.807) is 6.08 Å². The third-order valence-electron chi connectivity index (χ3n) is 4.82. The average Bonchev–Trinajstić information content (AvgIpc) is 2.73. The maximum Gasteiger partial charge on any atom is 0.243 e. The van der Waals surface area contributed by atoms with Gasteiger partial charge in [-0.25, -0.2) is 0 Å². The molecule has 0 fully saturated rings. The maximum atomic E-state index is 11.9. The summed E-state index contributed by atoms with van der Waals surface area (Å²) in [6, 6.07) is 0. The lowest BCUT2D eigenvalue weighted by Gasteiger charge is -2.26. The number of rotatable bonds is 17. The minimum absolute atomic E-state index is 0.134. The molecule has 0 aromatic carbocycles. The molecule has 2 N–H and O–H groups in total. The van der Waals surface area contributed by atoms with Crippen LogP contribution in [0.3, 0.4) is 0 Å². The summed E-state index contributed by atoms with van der Waals surface area (Å²) >= 11 is 0. The van der Waals surface area contributed by atoms with Gasteiger partial charge in [0.2, 0.25) is 5.91 Å². The number of hydrogen-bond donors (Lipinski definition) is 2. The zero-order valence-corrected chi connectivity index (χ0v) is 18.9. The van der Waals surface area contributed by atoms with Gasteiger partial charge in [-0.3, -0.25) is 4.79 Å². The van der Waals surface area contributed by atoms with Crippen LogP contribution in [-0.4, -0.2) is 23.2 Å². The van der Waals surface area contributed by atoms with Crippen molar-refractivity contribution >= 4 is 5.91 Å². The van der Waals surface area contributed by atoms with E-state index in [0.717, 1.165) is 38.5 Å². The van der Waals surface area contributed by atoms with E-state index < -0.39 is 5.60 Å². The fourth-order valence-corrected chi connectivity index (χ4v) is 2.71. The van der Waals surface area contributed by atoms with Crippen molar-refractivity contribution in [1.29, 1.82) is 0 Å². The number of allylic oxidation sites excluding steroid dienone is 9. The van der Waals surface area contributed by atoms with Crippen molar-refractivity contribution in [2.75, 3.05) is 6.54 Å². The second kappa shape index (κ2) is 19.4. The summed E-state index contributed by atoms with van der Waals surface area (Å²) in [6.07, 6.45) is 30.1. The fourth-order valence-electron chi connectivity index (χ4n) is 2.71. The molecule has 164 valence electrons. The zero-order valence-electron chi connectivity index (χ0n) is 18.9. The Hall–Kier alpha value is -1.87. The summed E-state index contributed by atoms with van der Waals surface area (Å²) in [7, 11) is 0. The van der Waals surface area contributed by atoms with Gasteiger partial charge in [0.1, 0.15) is 0 Å². The van der Waals surface area contributed by atoms with Crippen LogP contribution in [0.1, 0.15) is 85.0 Å². The molecule has 0 aromatic heterocycles. The van der Waals surface area contributed by atoms with Gasteiger partial charge in [-0.2, -0.15) is 0 Å². The molecule has 0 heterocycles. The molecule has 0 aliphatic heterocycles. The van der Waals surface area contributed by atoms with Crippen LogP contribution in [0.4, 0.5) is 0 Å². The van der Waals surface area contributed by atoms with E-state index in [0.29, 0.717) is 13.0 Å².